The minimum absolute atomic E-state index is 0.0106. The number of halogens is 1. The van der Waals surface area contributed by atoms with Gasteiger partial charge in [0, 0.05) is 25.0 Å². The SMILES string of the molecule is Cc1ccc2c(=O)c(C(=O)N3CCC(C)CC3)cn(CC(=O)Nc3ccccc3F)c2n1. The highest BCUT2D eigenvalue weighted by Gasteiger charge is 2.25. The maximum absolute atomic E-state index is 13.9. The molecule has 8 heteroatoms. The number of piperidine rings is 1. The van der Waals surface area contributed by atoms with Gasteiger partial charge in [0.15, 0.2) is 0 Å². The average Bonchev–Trinajstić information content (AvgIpc) is 2.77. The molecule has 0 bridgehead atoms. The Kier molecular flexibility index (Phi) is 6.03. The molecule has 1 saturated heterocycles. The number of aryl methyl sites for hydroxylation is 1. The van der Waals surface area contributed by atoms with Gasteiger partial charge in [0.2, 0.25) is 11.3 Å². The van der Waals surface area contributed by atoms with E-state index in [4.69, 9.17) is 0 Å². The number of para-hydroxylation sites is 1. The maximum atomic E-state index is 13.9. The molecule has 1 N–H and O–H groups in total. The number of benzene rings is 1. The molecule has 1 aromatic carbocycles. The zero-order valence-electron chi connectivity index (χ0n) is 18.1. The van der Waals surface area contributed by atoms with Crippen molar-refractivity contribution in [2.24, 2.45) is 5.92 Å². The third kappa shape index (κ3) is 4.39. The standard InChI is InChI=1S/C24H25FN4O3/c1-15-9-11-28(12-10-15)24(32)18-13-29(23-17(22(18)31)8-7-16(2)26-23)14-21(30)27-20-6-4-3-5-19(20)25/h3-8,13,15H,9-12,14H2,1-2H3,(H,27,30). The van der Waals surface area contributed by atoms with E-state index in [-0.39, 0.29) is 29.1 Å². The molecule has 3 heterocycles. The van der Waals surface area contributed by atoms with Crippen LogP contribution in [0.25, 0.3) is 11.0 Å². The van der Waals surface area contributed by atoms with Gasteiger partial charge in [0.1, 0.15) is 23.6 Å². The van der Waals surface area contributed by atoms with Crippen LogP contribution in [0, 0.1) is 18.7 Å². The van der Waals surface area contributed by atoms with Gasteiger partial charge >= 0.3 is 0 Å². The molecule has 7 nitrogen and oxygen atoms in total. The molecule has 1 aliphatic heterocycles. The number of anilines is 1. The molecule has 32 heavy (non-hydrogen) atoms. The summed E-state index contributed by atoms with van der Waals surface area (Å²) in [7, 11) is 0. The summed E-state index contributed by atoms with van der Waals surface area (Å²) in [5, 5.41) is 2.80. The Morgan fingerprint density at radius 2 is 1.88 bits per heavy atom. The molecule has 0 spiro atoms. The fourth-order valence-corrected chi connectivity index (χ4v) is 3.92. The largest absolute Gasteiger partial charge is 0.338 e. The summed E-state index contributed by atoms with van der Waals surface area (Å²) in [5.41, 5.74) is 0.649. The van der Waals surface area contributed by atoms with E-state index >= 15 is 0 Å². The first-order valence-electron chi connectivity index (χ1n) is 10.7. The van der Waals surface area contributed by atoms with Crippen molar-refractivity contribution in [2.75, 3.05) is 18.4 Å². The summed E-state index contributed by atoms with van der Waals surface area (Å²) in [5.74, 6) is -0.836. The number of carbonyl (C=O) groups is 2. The molecule has 166 valence electrons. The predicted octanol–water partition coefficient (Wildman–Crippen LogP) is 3.35. The normalized spacial score (nSPS) is 14.5. The van der Waals surface area contributed by atoms with E-state index < -0.39 is 17.2 Å². The van der Waals surface area contributed by atoms with Gasteiger partial charge in [-0.25, -0.2) is 9.37 Å². The Morgan fingerprint density at radius 1 is 1.16 bits per heavy atom. The van der Waals surface area contributed by atoms with Crippen molar-refractivity contribution in [2.45, 2.75) is 33.2 Å². The van der Waals surface area contributed by atoms with E-state index in [9.17, 15) is 18.8 Å². The molecular formula is C24H25FN4O3. The van der Waals surface area contributed by atoms with Crippen LogP contribution in [-0.4, -0.2) is 39.4 Å². The number of nitrogens with one attached hydrogen (secondary N) is 1. The molecule has 0 aliphatic carbocycles. The van der Waals surface area contributed by atoms with E-state index in [0.29, 0.717) is 30.3 Å². The molecule has 1 fully saturated rings. The summed E-state index contributed by atoms with van der Waals surface area (Å²) in [6.07, 6.45) is 3.18. The lowest BCUT2D eigenvalue weighted by Gasteiger charge is -2.30. The highest BCUT2D eigenvalue weighted by atomic mass is 19.1. The zero-order valence-corrected chi connectivity index (χ0v) is 18.1. The minimum Gasteiger partial charge on any atom is -0.338 e. The summed E-state index contributed by atoms with van der Waals surface area (Å²) in [6, 6.07) is 9.20. The topological polar surface area (TPSA) is 84.3 Å². The second-order valence-electron chi connectivity index (χ2n) is 8.33. The number of carbonyl (C=O) groups excluding carboxylic acids is 2. The third-order valence-electron chi connectivity index (χ3n) is 5.82. The number of nitrogens with zero attached hydrogens (tertiary/aromatic N) is 3. The number of aromatic nitrogens is 2. The van der Waals surface area contributed by atoms with Crippen LogP contribution >= 0.6 is 0 Å². The van der Waals surface area contributed by atoms with E-state index in [1.54, 1.807) is 30.0 Å². The zero-order chi connectivity index (χ0) is 22.8. The summed E-state index contributed by atoms with van der Waals surface area (Å²) < 4.78 is 15.4. The van der Waals surface area contributed by atoms with Crippen molar-refractivity contribution in [3.05, 3.63) is 69.9 Å². The molecule has 0 saturated carbocycles. The number of hydrogen-bond acceptors (Lipinski definition) is 4. The fraction of sp³-hybridized carbons (Fsp3) is 0.333. The Bertz CT molecular complexity index is 1250. The van der Waals surface area contributed by atoms with Crippen molar-refractivity contribution in [1.29, 1.82) is 0 Å². The molecule has 4 rings (SSSR count). The number of rotatable bonds is 4. The maximum Gasteiger partial charge on any atom is 0.259 e. The van der Waals surface area contributed by atoms with Gasteiger partial charge in [-0.2, -0.15) is 0 Å². The molecule has 2 amide bonds. The van der Waals surface area contributed by atoms with Crippen LogP contribution in [0.2, 0.25) is 0 Å². The van der Waals surface area contributed by atoms with Crippen LogP contribution < -0.4 is 10.7 Å². The first-order valence-corrected chi connectivity index (χ1v) is 10.7. The predicted molar refractivity (Wildman–Crippen MR) is 120 cm³/mol. The van der Waals surface area contributed by atoms with E-state index in [1.165, 1.54) is 29.0 Å². The van der Waals surface area contributed by atoms with Crippen molar-refractivity contribution in [3.63, 3.8) is 0 Å². The van der Waals surface area contributed by atoms with Crippen LogP contribution in [0.4, 0.5) is 10.1 Å². The average molecular weight is 436 g/mol. The van der Waals surface area contributed by atoms with Gasteiger partial charge in [-0.3, -0.25) is 14.4 Å². The van der Waals surface area contributed by atoms with E-state index in [1.807, 2.05) is 0 Å². The molecule has 0 radical (unpaired) electrons. The second-order valence-corrected chi connectivity index (χ2v) is 8.33. The van der Waals surface area contributed by atoms with Gasteiger partial charge < -0.3 is 14.8 Å². The van der Waals surface area contributed by atoms with E-state index in [2.05, 4.69) is 17.2 Å². The van der Waals surface area contributed by atoms with Crippen molar-refractivity contribution < 1.29 is 14.0 Å². The summed E-state index contributed by atoms with van der Waals surface area (Å²) in [4.78, 5) is 45.0. The Balaban J connectivity index is 1.70. The Hall–Kier alpha value is -3.55. The van der Waals surface area contributed by atoms with Crippen molar-refractivity contribution >= 4 is 28.5 Å². The van der Waals surface area contributed by atoms with Crippen LogP contribution in [0.5, 0.6) is 0 Å². The number of amides is 2. The van der Waals surface area contributed by atoms with Crippen LogP contribution in [0.15, 0.2) is 47.4 Å². The molecule has 0 atom stereocenters. The first-order chi connectivity index (χ1) is 15.3. The lowest BCUT2D eigenvalue weighted by atomic mass is 9.98. The fourth-order valence-electron chi connectivity index (χ4n) is 3.92. The van der Waals surface area contributed by atoms with Crippen molar-refractivity contribution in [3.8, 4) is 0 Å². The smallest absolute Gasteiger partial charge is 0.259 e. The number of fused-ring (bicyclic) bond motifs is 1. The van der Waals surface area contributed by atoms with Gasteiger partial charge in [-0.1, -0.05) is 19.1 Å². The molecule has 3 aromatic rings. The van der Waals surface area contributed by atoms with Crippen LogP contribution in [-0.2, 0) is 11.3 Å². The number of pyridine rings is 2. The van der Waals surface area contributed by atoms with E-state index in [0.717, 1.165) is 12.8 Å². The van der Waals surface area contributed by atoms with Crippen LogP contribution in [0.3, 0.4) is 0 Å². The Labute approximate surface area is 184 Å². The molecule has 2 aromatic heterocycles. The molecular weight excluding hydrogens is 411 g/mol. The number of hydrogen-bond donors (Lipinski definition) is 1. The summed E-state index contributed by atoms with van der Waals surface area (Å²) in [6.45, 7) is 4.89. The van der Waals surface area contributed by atoms with Gasteiger partial charge in [-0.05, 0) is 49.9 Å². The molecule has 0 unspecified atom stereocenters. The number of likely N-dealkylation sites (tertiary alicyclic amines) is 1. The Morgan fingerprint density at radius 3 is 2.59 bits per heavy atom. The molecule has 1 aliphatic rings. The third-order valence-corrected chi connectivity index (χ3v) is 5.82. The minimum atomic E-state index is -0.547. The lowest BCUT2D eigenvalue weighted by Crippen LogP contribution is -2.40. The van der Waals surface area contributed by atoms with Crippen molar-refractivity contribution in [1.82, 2.24) is 14.5 Å². The highest BCUT2D eigenvalue weighted by Crippen LogP contribution is 2.19. The quantitative estimate of drug-likeness (QED) is 0.680. The monoisotopic (exact) mass is 436 g/mol. The van der Waals surface area contributed by atoms with Gasteiger partial charge in [0.25, 0.3) is 5.91 Å². The second kappa shape index (κ2) is 8.90. The summed E-state index contributed by atoms with van der Waals surface area (Å²) >= 11 is 0. The van der Waals surface area contributed by atoms with Gasteiger partial charge in [-0.15, -0.1) is 0 Å². The highest BCUT2D eigenvalue weighted by molar-refractivity contribution is 5.97. The first kappa shape index (κ1) is 21.7. The van der Waals surface area contributed by atoms with Gasteiger partial charge in [0.05, 0.1) is 11.1 Å². The van der Waals surface area contributed by atoms with Crippen LogP contribution in [0.1, 0.15) is 35.8 Å². The lowest BCUT2D eigenvalue weighted by molar-refractivity contribution is -0.116.